The van der Waals surface area contributed by atoms with Gasteiger partial charge in [-0.1, -0.05) is 19.8 Å². The van der Waals surface area contributed by atoms with Gasteiger partial charge in [0.05, 0.1) is 13.7 Å². The number of aliphatic hydroxyl groups excluding tert-OH is 1. The van der Waals surface area contributed by atoms with Crippen LogP contribution >= 0.6 is 0 Å². The second kappa shape index (κ2) is 8.53. The maximum absolute atomic E-state index is 11.7. The number of carbonyl (C=O) groups is 1. The first kappa shape index (κ1) is 15.4. The number of ether oxygens (including phenoxy) is 1. The zero-order chi connectivity index (χ0) is 12.6. The van der Waals surface area contributed by atoms with Crippen molar-refractivity contribution in [1.29, 1.82) is 0 Å². The summed E-state index contributed by atoms with van der Waals surface area (Å²) >= 11 is 0. The molecule has 96 valence electrons. The molecule has 0 aliphatic carbocycles. The fourth-order valence-corrected chi connectivity index (χ4v) is 1.84. The van der Waals surface area contributed by atoms with Gasteiger partial charge in [-0.2, -0.15) is 0 Å². The lowest BCUT2D eigenvalue weighted by Gasteiger charge is -2.32. The van der Waals surface area contributed by atoms with Gasteiger partial charge >= 0.3 is 5.97 Å². The highest BCUT2D eigenvalue weighted by molar-refractivity contribution is 5.75. The van der Waals surface area contributed by atoms with E-state index in [-0.39, 0.29) is 24.7 Å². The smallest absolute Gasteiger partial charge is 0.323 e. The quantitative estimate of drug-likeness (QED) is 0.642. The van der Waals surface area contributed by atoms with Crippen LogP contribution in [0.4, 0.5) is 0 Å². The largest absolute Gasteiger partial charge is 0.468 e. The Labute approximate surface area is 98.6 Å². The average Bonchev–Trinajstić information content (AvgIpc) is 2.27. The first-order valence-corrected chi connectivity index (χ1v) is 6.02. The van der Waals surface area contributed by atoms with E-state index in [2.05, 4.69) is 6.92 Å². The van der Waals surface area contributed by atoms with E-state index in [1.165, 1.54) is 7.11 Å². The first-order valence-electron chi connectivity index (χ1n) is 6.02. The van der Waals surface area contributed by atoms with Crippen molar-refractivity contribution in [3.8, 4) is 0 Å². The molecule has 0 fully saturated rings. The van der Waals surface area contributed by atoms with Crippen LogP contribution in [0.25, 0.3) is 0 Å². The van der Waals surface area contributed by atoms with Crippen molar-refractivity contribution in [3.05, 3.63) is 0 Å². The molecule has 0 aromatic carbocycles. The number of methoxy groups -OCH3 is 1. The number of hydrogen-bond acceptors (Lipinski definition) is 4. The molecule has 0 rings (SSSR count). The summed E-state index contributed by atoms with van der Waals surface area (Å²) < 4.78 is 4.82. The van der Waals surface area contributed by atoms with Gasteiger partial charge in [-0.05, 0) is 20.3 Å². The molecule has 1 unspecified atom stereocenters. The second-order valence-electron chi connectivity index (χ2n) is 4.24. The van der Waals surface area contributed by atoms with Gasteiger partial charge in [0.1, 0.15) is 6.04 Å². The van der Waals surface area contributed by atoms with E-state index < -0.39 is 0 Å². The fourth-order valence-electron chi connectivity index (χ4n) is 1.84. The number of carbonyl (C=O) groups excluding carboxylic acids is 1. The zero-order valence-electron chi connectivity index (χ0n) is 10.9. The van der Waals surface area contributed by atoms with Gasteiger partial charge < -0.3 is 9.84 Å². The summed E-state index contributed by atoms with van der Waals surface area (Å²) in [5, 5.41) is 9.02. The molecule has 0 heterocycles. The summed E-state index contributed by atoms with van der Waals surface area (Å²) in [4.78, 5) is 13.7. The van der Waals surface area contributed by atoms with Gasteiger partial charge in [0.15, 0.2) is 0 Å². The first-order chi connectivity index (χ1) is 7.58. The Morgan fingerprint density at radius 2 is 2.06 bits per heavy atom. The maximum atomic E-state index is 11.7. The second-order valence-corrected chi connectivity index (χ2v) is 4.24. The normalized spacial score (nSPS) is 13.2. The van der Waals surface area contributed by atoms with E-state index in [4.69, 9.17) is 9.84 Å². The molecular formula is C12H25NO3. The topological polar surface area (TPSA) is 49.8 Å². The van der Waals surface area contributed by atoms with Gasteiger partial charge in [0, 0.05) is 12.6 Å². The summed E-state index contributed by atoms with van der Waals surface area (Å²) in [6, 6.07) is 0.00482. The Morgan fingerprint density at radius 3 is 2.44 bits per heavy atom. The molecule has 0 spiro atoms. The summed E-state index contributed by atoms with van der Waals surface area (Å²) in [6.07, 6.45) is 2.84. The Morgan fingerprint density at radius 1 is 1.44 bits per heavy atom. The van der Waals surface area contributed by atoms with E-state index in [1.807, 2.05) is 18.7 Å². The van der Waals surface area contributed by atoms with Gasteiger partial charge in [-0.25, -0.2) is 0 Å². The van der Waals surface area contributed by atoms with Crippen LogP contribution in [-0.2, 0) is 9.53 Å². The molecule has 0 saturated carbocycles. The average molecular weight is 231 g/mol. The van der Waals surface area contributed by atoms with Crippen LogP contribution in [0.15, 0.2) is 0 Å². The van der Waals surface area contributed by atoms with Crippen LogP contribution in [0.1, 0.15) is 40.0 Å². The molecule has 0 bridgehead atoms. The van der Waals surface area contributed by atoms with Crippen molar-refractivity contribution in [1.82, 2.24) is 4.90 Å². The van der Waals surface area contributed by atoms with Crippen LogP contribution in [0.5, 0.6) is 0 Å². The predicted molar refractivity (Wildman–Crippen MR) is 64.3 cm³/mol. The van der Waals surface area contributed by atoms with Crippen LogP contribution in [0.3, 0.4) is 0 Å². The highest BCUT2D eigenvalue weighted by Gasteiger charge is 2.27. The van der Waals surface area contributed by atoms with Crippen LogP contribution < -0.4 is 0 Å². The SMILES string of the molecule is CCCCC(C(=O)OC)N(CCO)C(C)C. The van der Waals surface area contributed by atoms with E-state index in [9.17, 15) is 4.79 Å². The lowest BCUT2D eigenvalue weighted by atomic mass is 10.1. The van der Waals surface area contributed by atoms with E-state index in [1.54, 1.807) is 0 Å². The number of esters is 1. The molecule has 0 amide bonds. The zero-order valence-corrected chi connectivity index (χ0v) is 10.9. The number of nitrogens with zero attached hydrogens (tertiary/aromatic N) is 1. The summed E-state index contributed by atoms with van der Waals surface area (Å²) in [5.41, 5.74) is 0. The number of aliphatic hydroxyl groups is 1. The predicted octanol–water partition coefficient (Wildman–Crippen LogP) is 1.42. The molecule has 1 N–H and O–H groups in total. The van der Waals surface area contributed by atoms with Crippen molar-refractivity contribution in [3.63, 3.8) is 0 Å². The minimum absolute atomic E-state index is 0.0673. The van der Waals surface area contributed by atoms with E-state index >= 15 is 0 Å². The van der Waals surface area contributed by atoms with Gasteiger partial charge in [0.2, 0.25) is 0 Å². The van der Waals surface area contributed by atoms with Crippen LogP contribution in [-0.4, -0.2) is 48.3 Å². The molecule has 4 heteroatoms. The van der Waals surface area contributed by atoms with Crippen molar-refractivity contribution in [2.75, 3.05) is 20.3 Å². The van der Waals surface area contributed by atoms with Gasteiger partial charge in [0.25, 0.3) is 0 Å². The fraction of sp³-hybridized carbons (Fsp3) is 0.917. The summed E-state index contributed by atoms with van der Waals surface area (Å²) in [5.74, 6) is -0.199. The van der Waals surface area contributed by atoms with E-state index in [0.717, 1.165) is 19.3 Å². The van der Waals surface area contributed by atoms with Crippen molar-refractivity contribution in [2.45, 2.75) is 52.1 Å². The Balaban J connectivity index is 4.59. The minimum Gasteiger partial charge on any atom is -0.468 e. The lowest BCUT2D eigenvalue weighted by molar-refractivity contribution is -0.148. The lowest BCUT2D eigenvalue weighted by Crippen LogP contribution is -2.47. The van der Waals surface area contributed by atoms with Crippen molar-refractivity contribution >= 4 is 5.97 Å². The Kier molecular flexibility index (Phi) is 8.21. The molecule has 0 aromatic rings. The third kappa shape index (κ3) is 4.94. The molecule has 16 heavy (non-hydrogen) atoms. The minimum atomic E-state index is -0.225. The molecule has 0 aliphatic heterocycles. The van der Waals surface area contributed by atoms with Crippen LogP contribution in [0.2, 0.25) is 0 Å². The third-order valence-corrected chi connectivity index (χ3v) is 2.73. The molecule has 0 aromatic heterocycles. The highest BCUT2D eigenvalue weighted by atomic mass is 16.5. The van der Waals surface area contributed by atoms with E-state index in [0.29, 0.717) is 6.54 Å². The monoisotopic (exact) mass is 231 g/mol. The van der Waals surface area contributed by atoms with Crippen LogP contribution in [0, 0.1) is 0 Å². The molecule has 0 radical (unpaired) electrons. The third-order valence-electron chi connectivity index (χ3n) is 2.73. The number of unbranched alkanes of at least 4 members (excludes halogenated alkanes) is 1. The standard InChI is InChI=1S/C12H25NO3/c1-5-6-7-11(12(15)16-4)13(8-9-14)10(2)3/h10-11,14H,5-9H2,1-4H3. The molecule has 4 nitrogen and oxygen atoms in total. The van der Waals surface area contributed by atoms with Gasteiger partial charge in [-0.15, -0.1) is 0 Å². The Hall–Kier alpha value is -0.610. The molecule has 0 saturated heterocycles. The molecular weight excluding hydrogens is 206 g/mol. The highest BCUT2D eigenvalue weighted by Crippen LogP contribution is 2.13. The van der Waals surface area contributed by atoms with Crippen molar-refractivity contribution < 1.29 is 14.6 Å². The number of rotatable bonds is 8. The summed E-state index contributed by atoms with van der Waals surface area (Å²) in [6.45, 7) is 6.73. The Bertz CT molecular complexity index is 195. The summed E-state index contributed by atoms with van der Waals surface area (Å²) in [7, 11) is 1.42. The molecule has 1 atom stereocenters. The number of hydrogen-bond donors (Lipinski definition) is 1. The van der Waals surface area contributed by atoms with Gasteiger partial charge in [-0.3, -0.25) is 9.69 Å². The van der Waals surface area contributed by atoms with Crippen molar-refractivity contribution in [2.24, 2.45) is 0 Å². The molecule has 0 aliphatic rings. The maximum Gasteiger partial charge on any atom is 0.323 e.